The summed E-state index contributed by atoms with van der Waals surface area (Å²) in [6.45, 7) is 0.210. The molecular weight excluding hydrogens is 281 g/mol. The Bertz CT molecular complexity index is 627. The third-order valence-electron chi connectivity index (χ3n) is 3.06. The molecule has 2 aromatic rings. The van der Waals surface area contributed by atoms with E-state index in [0.717, 1.165) is 11.6 Å². The van der Waals surface area contributed by atoms with Crippen LogP contribution in [0.2, 0.25) is 0 Å². The number of nitrogen functional groups attached to an aromatic ring is 1. The Morgan fingerprint density at radius 1 is 1.14 bits per heavy atom. The summed E-state index contributed by atoms with van der Waals surface area (Å²) < 4.78 is 44.0. The van der Waals surface area contributed by atoms with Crippen LogP contribution in [-0.4, -0.2) is 7.11 Å². The third-order valence-corrected chi connectivity index (χ3v) is 3.06. The van der Waals surface area contributed by atoms with Crippen molar-refractivity contribution >= 4 is 11.4 Å². The summed E-state index contributed by atoms with van der Waals surface area (Å²) in [5, 5.41) is 2.77. The van der Waals surface area contributed by atoms with Crippen LogP contribution in [0.4, 0.5) is 24.5 Å². The van der Waals surface area contributed by atoms with Crippen LogP contribution in [0.1, 0.15) is 11.1 Å². The number of alkyl halides is 3. The van der Waals surface area contributed by atoms with Crippen LogP contribution in [0.15, 0.2) is 42.5 Å². The number of ether oxygens (including phenoxy) is 1. The van der Waals surface area contributed by atoms with Gasteiger partial charge in [0.2, 0.25) is 0 Å². The monoisotopic (exact) mass is 296 g/mol. The highest BCUT2D eigenvalue weighted by Crippen LogP contribution is 2.37. The Morgan fingerprint density at radius 2 is 1.86 bits per heavy atom. The second kappa shape index (κ2) is 5.95. The van der Waals surface area contributed by atoms with Gasteiger partial charge in [-0.25, -0.2) is 0 Å². The molecule has 0 bridgehead atoms. The van der Waals surface area contributed by atoms with Crippen molar-refractivity contribution in [2.45, 2.75) is 12.7 Å². The van der Waals surface area contributed by atoms with Crippen LogP contribution in [0, 0.1) is 0 Å². The highest BCUT2D eigenvalue weighted by Gasteiger charge is 2.34. The van der Waals surface area contributed by atoms with Gasteiger partial charge in [-0.2, -0.15) is 13.2 Å². The first-order chi connectivity index (χ1) is 9.91. The number of hydrogen-bond acceptors (Lipinski definition) is 3. The molecule has 0 aromatic heterocycles. The number of hydrogen-bond donors (Lipinski definition) is 2. The van der Waals surface area contributed by atoms with Gasteiger partial charge in [-0.05, 0) is 29.8 Å². The fraction of sp³-hybridized carbons (Fsp3) is 0.200. The number of halogens is 3. The molecule has 0 saturated carbocycles. The Morgan fingerprint density at radius 3 is 2.48 bits per heavy atom. The van der Waals surface area contributed by atoms with Crippen LogP contribution in [0.5, 0.6) is 5.75 Å². The van der Waals surface area contributed by atoms with Crippen LogP contribution < -0.4 is 15.8 Å². The van der Waals surface area contributed by atoms with E-state index in [4.69, 9.17) is 10.5 Å². The van der Waals surface area contributed by atoms with Crippen molar-refractivity contribution in [3.8, 4) is 5.75 Å². The molecule has 0 unspecified atom stereocenters. The number of para-hydroxylation sites is 1. The molecule has 2 rings (SSSR count). The average molecular weight is 296 g/mol. The summed E-state index contributed by atoms with van der Waals surface area (Å²) >= 11 is 0. The summed E-state index contributed by atoms with van der Waals surface area (Å²) in [7, 11) is 1.33. The van der Waals surface area contributed by atoms with Gasteiger partial charge in [0.25, 0.3) is 0 Å². The molecule has 0 spiro atoms. The molecule has 2 aromatic carbocycles. The lowest BCUT2D eigenvalue weighted by atomic mass is 10.1. The second-order valence-corrected chi connectivity index (χ2v) is 4.46. The van der Waals surface area contributed by atoms with E-state index >= 15 is 0 Å². The lowest BCUT2D eigenvalue weighted by Gasteiger charge is -2.16. The molecule has 112 valence electrons. The number of benzene rings is 2. The highest BCUT2D eigenvalue weighted by atomic mass is 19.4. The molecule has 21 heavy (non-hydrogen) atoms. The summed E-state index contributed by atoms with van der Waals surface area (Å²) in [5.74, 6) is 0.159. The SMILES string of the molecule is COc1ccc(NCc2ccccc2N)c(C(F)(F)F)c1. The van der Waals surface area contributed by atoms with E-state index in [1.54, 1.807) is 24.3 Å². The van der Waals surface area contributed by atoms with Crippen LogP contribution in [0.25, 0.3) is 0 Å². The molecule has 0 saturated heterocycles. The Hall–Kier alpha value is -2.37. The predicted octanol–water partition coefficient (Wildman–Crippen LogP) is 3.91. The molecule has 3 N–H and O–H groups in total. The van der Waals surface area contributed by atoms with Crippen LogP contribution in [0.3, 0.4) is 0 Å². The fourth-order valence-corrected chi connectivity index (χ4v) is 1.92. The van der Waals surface area contributed by atoms with Crippen molar-refractivity contribution in [1.82, 2.24) is 0 Å². The topological polar surface area (TPSA) is 47.3 Å². The Balaban J connectivity index is 2.26. The smallest absolute Gasteiger partial charge is 0.418 e. The lowest BCUT2D eigenvalue weighted by molar-refractivity contribution is -0.137. The van der Waals surface area contributed by atoms with Crippen LogP contribution >= 0.6 is 0 Å². The summed E-state index contributed by atoms with van der Waals surface area (Å²) in [4.78, 5) is 0. The summed E-state index contributed by atoms with van der Waals surface area (Å²) in [6, 6.07) is 10.8. The zero-order chi connectivity index (χ0) is 15.5. The number of nitrogens with two attached hydrogens (primary N) is 1. The Labute approximate surface area is 120 Å². The molecule has 3 nitrogen and oxygen atoms in total. The molecule has 0 aliphatic rings. The maximum Gasteiger partial charge on any atom is 0.418 e. The minimum Gasteiger partial charge on any atom is -0.497 e. The normalized spacial score (nSPS) is 11.2. The maximum atomic E-state index is 13.0. The molecule has 0 aliphatic heterocycles. The van der Waals surface area contributed by atoms with Gasteiger partial charge in [-0.3, -0.25) is 0 Å². The van der Waals surface area contributed by atoms with Crippen molar-refractivity contribution in [3.05, 3.63) is 53.6 Å². The first-order valence-electron chi connectivity index (χ1n) is 6.24. The first kappa shape index (κ1) is 15.0. The molecule has 0 heterocycles. The molecule has 0 atom stereocenters. The number of methoxy groups -OCH3 is 1. The van der Waals surface area contributed by atoms with Gasteiger partial charge in [0.1, 0.15) is 5.75 Å². The van der Waals surface area contributed by atoms with Crippen molar-refractivity contribution in [1.29, 1.82) is 0 Å². The minimum atomic E-state index is -4.46. The van der Waals surface area contributed by atoms with Gasteiger partial charge >= 0.3 is 6.18 Å². The van der Waals surface area contributed by atoms with Gasteiger partial charge in [0.15, 0.2) is 0 Å². The molecule has 6 heteroatoms. The first-order valence-corrected chi connectivity index (χ1v) is 6.24. The average Bonchev–Trinajstić information content (AvgIpc) is 2.45. The number of nitrogens with one attached hydrogen (secondary N) is 1. The van der Waals surface area contributed by atoms with Crippen molar-refractivity contribution in [2.24, 2.45) is 0 Å². The lowest BCUT2D eigenvalue weighted by Crippen LogP contribution is -2.11. The van der Waals surface area contributed by atoms with E-state index < -0.39 is 11.7 Å². The van der Waals surface area contributed by atoms with E-state index in [0.29, 0.717) is 5.69 Å². The van der Waals surface area contributed by atoms with E-state index in [-0.39, 0.29) is 18.0 Å². The summed E-state index contributed by atoms with van der Waals surface area (Å²) in [6.07, 6.45) is -4.46. The molecular formula is C15H15F3N2O. The van der Waals surface area contributed by atoms with E-state index in [1.165, 1.54) is 19.2 Å². The van der Waals surface area contributed by atoms with Crippen molar-refractivity contribution in [3.63, 3.8) is 0 Å². The minimum absolute atomic E-state index is 0.00782. The maximum absolute atomic E-state index is 13.0. The van der Waals surface area contributed by atoms with Gasteiger partial charge in [0.05, 0.1) is 12.7 Å². The van der Waals surface area contributed by atoms with Crippen molar-refractivity contribution < 1.29 is 17.9 Å². The van der Waals surface area contributed by atoms with E-state index in [1.807, 2.05) is 0 Å². The Kier molecular flexibility index (Phi) is 4.26. The fourth-order valence-electron chi connectivity index (χ4n) is 1.92. The standard InChI is InChI=1S/C15H15F3N2O/c1-21-11-6-7-14(12(8-11)15(16,17)18)20-9-10-4-2-3-5-13(10)19/h2-8,20H,9,19H2,1H3. The zero-order valence-electron chi connectivity index (χ0n) is 11.4. The van der Waals surface area contributed by atoms with Gasteiger partial charge < -0.3 is 15.8 Å². The van der Waals surface area contributed by atoms with Gasteiger partial charge in [0, 0.05) is 17.9 Å². The zero-order valence-corrected chi connectivity index (χ0v) is 11.4. The van der Waals surface area contributed by atoms with Gasteiger partial charge in [-0.15, -0.1) is 0 Å². The predicted molar refractivity (Wildman–Crippen MR) is 76.2 cm³/mol. The third kappa shape index (κ3) is 3.59. The van der Waals surface area contributed by atoms with E-state index in [2.05, 4.69) is 5.32 Å². The molecule has 0 fully saturated rings. The number of rotatable bonds is 4. The van der Waals surface area contributed by atoms with E-state index in [9.17, 15) is 13.2 Å². The molecule has 0 radical (unpaired) electrons. The molecule has 0 aliphatic carbocycles. The highest BCUT2D eigenvalue weighted by molar-refractivity contribution is 5.57. The molecule has 0 amide bonds. The quantitative estimate of drug-likeness (QED) is 0.841. The largest absolute Gasteiger partial charge is 0.497 e. The van der Waals surface area contributed by atoms with Gasteiger partial charge in [-0.1, -0.05) is 18.2 Å². The van der Waals surface area contributed by atoms with Crippen LogP contribution in [-0.2, 0) is 12.7 Å². The second-order valence-electron chi connectivity index (χ2n) is 4.46. The number of anilines is 2. The summed E-state index contributed by atoms with van der Waals surface area (Å²) in [5.41, 5.74) is 6.27. The van der Waals surface area contributed by atoms with Crippen molar-refractivity contribution in [2.75, 3.05) is 18.2 Å².